The quantitative estimate of drug-likeness (QED) is 0.603. The van der Waals surface area contributed by atoms with Crippen molar-refractivity contribution in [3.63, 3.8) is 0 Å². The number of ether oxygens (including phenoxy) is 2. The van der Waals surface area contributed by atoms with E-state index in [0.717, 1.165) is 56.5 Å². The number of benzene rings is 2. The monoisotopic (exact) mass is 394 g/mol. The molecule has 0 amide bonds. The molecule has 29 heavy (non-hydrogen) atoms. The van der Waals surface area contributed by atoms with Crippen LogP contribution in [0.4, 0.5) is 5.69 Å². The lowest BCUT2D eigenvalue weighted by Gasteiger charge is -2.27. The van der Waals surface area contributed by atoms with E-state index >= 15 is 0 Å². The largest absolute Gasteiger partial charge is 0.497 e. The van der Waals surface area contributed by atoms with E-state index in [1.54, 1.807) is 7.11 Å². The maximum Gasteiger partial charge on any atom is 0.191 e. The second kappa shape index (κ2) is 9.07. The Hall–Kier alpha value is -2.89. The first-order chi connectivity index (χ1) is 14.3. The van der Waals surface area contributed by atoms with Crippen LogP contribution in [0.15, 0.2) is 53.5 Å². The molecule has 0 spiro atoms. The number of nitrogens with one attached hydrogen (secondary N) is 2. The minimum Gasteiger partial charge on any atom is -0.497 e. The molecule has 2 heterocycles. The van der Waals surface area contributed by atoms with Crippen molar-refractivity contribution in [2.75, 3.05) is 45.3 Å². The fourth-order valence-corrected chi connectivity index (χ4v) is 4.16. The van der Waals surface area contributed by atoms with Crippen LogP contribution in [0.5, 0.6) is 11.5 Å². The molecule has 2 aromatic rings. The lowest BCUT2D eigenvalue weighted by Crippen LogP contribution is -2.46. The van der Waals surface area contributed by atoms with Crippen LogP contribution < -0.4 is 25.0 Å². The fourth-order valence-electron chi connectivity index (χ4n) is 4.16. The van der Waals surface area contributed by atoms with Gasteiger partial charge in [-0.3, -0.25) is 4.99 Å². The Morgan fingerprint density at radius 1 is 1.21 bits per heavy atom. The highest BCUT2D eigenvalue weighted by molar-refractivity contribution is 5.80. The topological polar surface area (TPSA) is 58.1 Å². The minimum absolute atomic E-state index is 0.370. The van der Waals surface area contributed by atoms with Crippen LogP contribution in [-0.2, 0) is 0 Å². The molecule has 0 bridgehead atoms. The molecule has 6 heteroatoms. The molecular weight excluding hydrogens is 364 g/mol. The van der Waals surface area contributed by atoms with Crippen molar-refractivity contribution < 1.29 is 9.47 Å². The molecule has 0 radical (unpaired) electrons. The molecule has 0 aliphatic carbocycles. The molecule has 2 atom stereocenters. The van der Waals surface area contributed by atoms with Crippen molar-refractivity contribution in [3.8, 4) is 11.5 Å². The summed E-state index contributed by atoms with van der Waals surface area (Å²) >= 11 is 0. The summed E-state index contributed by atoms with van der Waals surface area (Å²) in [5.41, 5.74) is 2.49. The van der Waals surface area contributed by atoms with Gasteiger partial charge in [-0.2, -0.15) is 0 Å². The Morgan fingerprint density at radius 3 is 2.97 bits per heavy atom. The highest BCUT2D eigenvalue weighted by atomic mass is 16.5. The van der Waals surface area contributed by atoms with Gasteiger partial charge in [-0.1, -0.05) is 24.3 Å². The van der Waals surface area contributed by atoms with Gasteiger partial charge in [0, 0.05) is 50.4 Å². The normalized spacial score (nSPS) is 21.3. The molecule has 2 aliphatic heterocycles. The second-order valence-corrected chi connectivity index (χ2v) is 7.60. The molecule has 2 aromatic carbocycles. The summed E-state index contributed by atoms with van der Waals surface area (Å²) in [6, 6.07) is 17.0. The molecular formula is C23H30N4O2. The molecule has 154 valence electrons. The average Bonchev–Trinajstić information content (AvgIpc) is 3.25. The van der Waals surface area contributed by atoms with Crippen molar-refractivity contribution >= 4 is 11.6 Å². The van der Waals surface area contributed by atoms with Gasteiger partial charge in [0.05, 0.1) is 13.7 Å². The molecule has 6 nitrogen and oxygen atoms in total. The van der Waals surface area contributed by atoms with E-state index in [4.69, 9.17) is 9.47 Å². The van der Waals surface area contributed by atoms with Gasteiger partial charge in [-0.25, -0.2) is 0 Å². The summed E-state index contributed by atoms with van der Waals surface area (Å²) < 4.78 is 11.1. The van der Waals surface area contributed by atoms with E-state index in [1.165, 1.54) is 11.3 Å². The van der Waals surface area contributed by atoms with Gasteiger partial charge in [-0.15, -0.1) is 0 Å². The molecule has 1 saturated heterocycles. The third-order valence-electron chi connectivity index (χ3n) is 5.77. The lowest BCUT2D eigenvalue weighted by atomic mass is 9.93. The summed E-state index contributed by atoms with van der Waals surface area (Å²) in [6.07, 6.45) is 2.10. The van der Waals surface area contributed by atoms with E-state index in [0.29, 0.717) is 12.0 Å². The summed E-state index contributed by atoms with van der Waals surface area (Å²) in [5.74, 6) is 3.22. The van der Waals surface area contributed by atoms with Crippen LogP contribution in [0, 0.1) is 0 Å². The van der Waals surface area contributed by atoms with Crippen LogP contribution in [0.2, 0.25) is 0 Å². The smallest absolute Gasteiger partial charge is 0.191 e. The number of hydrogen-bond donors (Lipinski definition) is 2. The SMILES string of the molecule is CN=C(NCC1CCOc2ccccc21)NC1CCN(c2cccc(OC)c2)C1. The minimum atomic E-state index is 0.370. The zero-order valence-electron chi connectivity index (χ0n) is 17.2. The molecule has 4 rings (SSSR count). The Morgan fingerprint density at radius 2 is 2.10 bits per heavy atom. The van der Waals surface area contributed by atoms with Gasteiger partial charge in [0.25, 0.3) is 0 Å². The average molecular weight is 395 g/mol. The molecule has 2 unspecified atom stereocenters. The summed E-state index contributed by atoms with van der Waals surface area (Å²) in [4.78, 5) is 6.83. The van der Waals surface area contributed by atoms with Gasteiger partial charge in [0.15, 0.2) is 5.96 Å². The first-order valence-corrected chi connectivity index (χ1v) is 10.3. The molecule has 0 aromatic heterocycles. The summed E-state index contributed by atoms with van der Waals surface area (Å²) in [5, 5.41) is 7.12. The van der Waals surface area contributed by atoms with Crippen molar-refractivity contribution in [1.29, 1.82) is 0 Å². The number of para-hydroxylation sites is 1. The van der Waals surface area contributed by atoms with E-state index < -0.39 is 0 Å². The van der Waals surface area contributed by atoms with E-state index in [1.807, 2.05) is 25.2 Å². The van der Waals surface area contributed by atoms with Crippen LogP contribution in [0.25, 0.3) is 0 Å². The van der Waals surface area contributed by atoms with Crippen LogP contribution >= 0.6 is 0 Å². The van der Waals surface area contributed by atoms with Gasteiger partial charge < -0.3 is 25.0 Å². The number of aliphatic imine (C=N–C) groups is 1. The standard InChI is InChI=1S/C23H30N4O2/c1-24-23(25-15-17-11-13-29-22-9-4-3-8-21(17)22)26-18-10-12-27(16-18)19-6-5-7-20(14-19)28-2/h3-9,14,17-18H,10-13,15-16H2,1-2H3,(H2,24,25,26). The zero-order valence-corrected chi connectivity index (χ0v) is 17.2. The van der Waals surface area contributed by atoms with E-state index in [9.17, 15) is 0 Å². The van der Waals surface area contributed by atoms with Crippen molar-refractivity contribution in [3.05, 3.63) is 54.1 Å². The Labute approximate surface area is 172 Å². The number of nitrogens with zero attached hydrogens (tertiary/aromatic N) is 2. The van der Waals surface area contributed by atoms with Crippen LogP contribution in [0.1, 0.15) is 24.3 Å². The molecule has 1 fully saturated rings. The maximum absolute atomic E-state index is 5.78. The summed E-state index contributed by atoms with van der Waals surface area (Å²) in [6.45, 7) is 3.60. The number of methoxy groups -OCH3 is 1. The van der Waals surface area contributed by atoms with E-state index in [-0.39, 0.29) is 0 Å². The van der Waals surface area contributed by atoms with Gasteiger partial charge in [-0.05, 0) is 36.6 Å². The number of guanidine groups is 1. The Kier molecular flexibility index (Phi) is 6.08. The fraction of sp³-hybridized carbons (Fsp3) is 0.435. The number of anilines is 1. The molecule has 0 saturated carbocycles. The molecule has 2 aliphatic rings. The van der Waals surface area contributed by atoms with Gasteiger partial charge >= 0.3 is 0 Å². The van der Waals surface area contributed by atoms with E-state index in [2.05, 4.69) is 50.9 Å². The highest BCUT2D eigenvalue weighted by Gasteiger charge is 2.25. The van der Waals surface area contributed by atoms with Crippen molar-refractivity contribution in [2.45, 2.75) is 24.8 Å². The number of rotatable bonds is 5. The van der Waals surface area contributed by atoms with Gasteiger partial charge in [0.1, 0.15) is 11.5 Å². The Balaban J connectivity index is 1.31. The Bertz CT molecular complexity index is 854. The van der Waals surface area contributed by atoms with Gasteiger partial charge in [0.2, 0.25) is 0 Å². The first-order valence-electron chi connectivity index (χ1n) is 10.3. The van der Waals surface area contributed by atoms with Crippen molar-refractivity contribution in [2.24, 2.45) is 4.99 Å². The summed E-state index contributed by atoms with van der Waals surface area (Å²) in [7, 11) is 3.54. The number of hydrogen-bond acceptors (Lipinski definition) is 4. The first kappa shape index (κ1) is 19.4. The lowest BCUT2D eigenvalue weighted by molar-refractivity contribution is 0.267. The highest BCUT2D eigenvalue weighted by Crippen LogP contribution is 2.32. The number of fused-ring (bicyclic) bond motifs is 1. The zero-order chi connectivity index (χ0) is 20.1. The third-order valence-corrected chi connectivity index (χ3v) is 5.77. The molecule has 2 N–H and O–H groups in total. The van der Waals surface area contributed by atoms with Crippen LogP contribution in [0.3, 0.4) is 0 Å². The second-order valence-electron chi connectivity index (χ2n) is 7.60. The van der Waals surface area contributed by atoms with Crippen LogP contribution in [-0.4, -0.2) is 52.4 Å². The maximum atomic E-state index is 5.78. The predicted octanol–water partition coefficient (Wildman–Crippen LogP) is 3.01. The predicted molar refractivity (Wildman–Crippen MR) is 117 cm³/mol. The van der Waals surface area contributed by atoms with Crippen molar-refractivity contribution in [1.82, 2.24) is 10.6 Å². The third kappa shape index (κ3) is 4.58.